The Kier molecular flexibility index (Phi) is 5.21. The molecule has 2 heterocycles. The molecule has 4 nitrogen and oxygen atoms in total. The van der Waals surface area contributed by atoms with Crippen LogP contribution < -0.4 is 0 Å². The number of carbonyl (C=O) groups excluding carboxylic acids is 1. The monoisotopic (exact) mass is 376 g/mol. The van der Waals surface area contributed by atoms with Crippen molar-refractivity contribution in [2.24, 2.45) is 5.92 Å². The SMILES string of the molecule is C[C@@H]1C(=O)[C@@]2(COCc3ccccc3)O[C@H]1C[C@H]2O[Si](C)(C)C(C)(C)C. The van der Waals surface area contributed by atoms with E-state index in [1.54, 1.807) is 0 Å². The summed E-state index contributed by atoms with van der Waals surface area (Å²) in [6.45, 7) is 13.8. The Labute approximate surface area is 158 Å². The van der Waals surface area contributed by atoms with Crippen LogP contribution in [0.5, 0.6) is 0 Å². The van der Waals surface area contributed by atoms with Gasteiger partial charge in [0.15, 0.2) is 19.7 Å². The maximum atomic E-state index is 13.0. The van der Waals surface area contributed by atoms with Gasteiger partial charge in [0, 0.05) is 12.3 Å². The van der Waals surface area contributed by atoms with E-state index in [4.69, 9.17) is 13.9 Å². The van der Waals surface area contributed by atoms with Gasteiger partial charge in [-0.1, -0.05) is 58.0 Å². The molecule has 1 aromatic carbocycles. The molecule has 0 saturated carbocycles. The normalized spacial score (nSPS) is 31.6. The molecule has 2 aliphatic rings. The molecule has 0 amide bonds. The van der Waals surface area contributed by atoms with E-state index in [2.05, 4.69) is 33.9 Å². The molecular weight excluding hydrogens is 344 g/mol. The molecule has 2 fully saturated rings. The van der Waals surface area contributed by atoms with Crippen LogP contribution in [0, 0.1) is 5.92 Å². The molecule has 5 heteroatoms. The Morgan fingerprint density at radius 2 is 1.88 bits per heavy atom. The topological polar surface area (TPSA) is 44.8 Å². The maximum absolute atomic E-state index is 13.0. The fourth-order valence-corrected chi connectivity index (χ4v) is 4.99. The third kappa shape index (κ3) is 3.42. The summed E-state index contributed by atoms with van der Waals surface area (Å²) in [6, 6.07) is 10.0. The second kappa shape index (κ2) is 6.86. The predicted molar refractivity (Wildman–Crippen MR) is 105 cm³/mol. The van der Waals surface area contributed by atoms with E-state index in [-0.39, 0.29) is 35.6 Å². The summed E-state index contributed by atoms with van der Waals surface area (Å²) in [6.07, 6.45) is 0.541. The fraction of sp³-hybridized carbons (Fsp3) is 0.667. The molecule has 2 aliphatic heterocycles. The van der Waals surface area contributed by atoms with E-state index in [0.29, 0.717) is 6.61 Å². The summed E-state index contributed by atoms with van der Waals surface area (Å²) in [5.41, 5.74) is 0.160. The molecule has 0 aromatic heterocycles. The smallest absolute Gasteiger partial charge is 0.192 e. The van der Waals surface area contributed by atoms with E-state index in [1.165, 1.54) is 0 Å². The fourth-order valence-electron chi connectivity index (χ4n) is 3.64. The number of fused-ring (bicyclic) bond motifs is 2. The van der Waals surface area contributed by atoms with Gasteiger partial charge < -0.3 is 13.9 Å². The highest BCUT2D eigenvalue weighted by molar-refractivity contribution is 6.74. The first-order valence-electron chi connectivity index (χ1n) is 9.58. The number of benzene rings is 1. The number of hydrogen-bond donors (Lipinski definition) is 0. The van der Waals surface area contributed by atoms with Crippen LogP contribution in [-0.4, -0.2) is 38.5 Å². The van der Waals surface area contributed by atoms with Gasteiger partial charge in [0.05, 0.1) is 25.4 Å². The zero-order valence-corrected chi connectivity index (χ0v) is 17.9. The lowest BCUT2D eigenvalue weighted by molar-refractivity contribution is -0.148. The Balaban J connectivity index is 1.74. The zero-order valence-electron chi connectivity index (χ0n) is 16.9. The Morgan fingerprint density at radius 3 is 2.46 bits per heavy atom. The minimum Gasteiger partial charge on any atom is -0.410 e. The molecule has 0 aliphatic carbocycles. The van der Waals surface area contributed by atoms with Crippen LogP contribution in [0.4, 0.5) is 0 Å². The van der Waals surface area contributed by atoms with Crippen LogP contribution in [0.15, 0.2) is 30.3 Å². The summed E-state index contributed by atoms with van der Waals surface area (Å²) < 4.78 is 18.8. The van der Waals surface area contributed by atoms with E-state index in [9.17, 15) is 4.79 Å². The van der Waals surface area contributed by atoms with Gasteiger partial charge in [0.2, 0.25) is 0 Å². The van der Waals surface area contributed by atoms with Gasteiger partial charge in [-0.25, -0.2) is 0 Å². The van der Waals surface area contributed by atoms with Gasteiger partial charge in [-0.15, -0.1) is 0 Å². The molecule has 0 radical (unpaired) electrons. The highest BCUT2D eigenvalue weighted by atomic mass is 28.4. The van der Waals surface area contributed by atoms with Crippen molar-refractivity contribution in [2.75, 3.05) is 6.61 Å². The molecular formula is C21H32O4Si. The van der Waals surface area contributed by atoms with Crippen LogP contribution in [0.1, 0.15) is 39.7 Å². The summed E-state index contributed by atoms with van der Waals surface area (Å²) in [5.74, 6) is 0.0695. The van der Waals surface area contributed by atoms with Gasteiger partial charge >= 0.3 is 0 Å². The van der Waals surface area contributed by atoms with E-state index in [1.807, 2.05) is 37.3 Å². The second-order valence-electron chi connectivity index (χ2n) is 9.28. The van der Waals surface area contributed by atoms with Gasteiger partial charge in [0.1, 0.15) is 0 Å². The molecule has 0 unspecified atom stereocenters. The average molecular weight is 377 g/mol. The highest BCUT2D eigenvalue weighted by Gasteiger charge is 2.65. The van der Waals surface area contributed by atoms with Gasteiger partial charge in [-0.05, 0) is 23.7 Å². The first kappa shape index (κ1) is 19.7. The zero-order chi connectivity index (χ0) is 19.2. The van der Waals surface area contributed by atoms with Crippen LogP contribution >= 0.6 is 0 Å². The summed E-state index contributed by atoms with van der Waals surface area (Å²) in [4.78, 5) is 13.0. The average Bonchev–Trinajstić information content (AvgIpc) is 3.02. The Bertz CT molecular complexity index is 652. The van der Waals surface area contributed by atoms with E-state index < -0.39 is 13.9 Å². The molecule has 26 heavy (non-hydrogen) atoms. The largest absolute Gasteiger partial charge is 0.410 e. The number of carbonyl (C=O) groups is 1. The summed E-state index contributed by atoms with van der Waals surface area (Å²) >= 11 is 0. The molecule has 144 valence electrons. The highest BCUT2D eigenvalue weighted by Crippen LogP contribution is 2.49. The molecule has 2 bridgehead atoms. The first-order chi connectivity index (χ1) is 12.1. The van der Waals surface area contributed by atoms with Crippen LogP contribution in [0.25, 0.3) is 0 Å². The summed E-state index contributed by atoms with van der Waals surface area (Å²) in [5, 5.41) is 0.0928. The lowest BCUT2D eigenvalue weighted by atomic mass is 9.79. The van der Waals surface area contributed by atoms with Crippen molar-refractivity contribution in [2.45, 2.75) is 76.7 Å². The molecule has 0 N–H and O–H groups in total. The lowest BCUT2D eigenvalue weighted by Crippen LogP contribution is -2.57. The molecule has 0 spiro atoms. The Morgan fingerprint density at radius 1 is 1.23 bits per heavy atom. The summed E-state index contributed by atoms with van der Waals surface area (Å²) in [7, 11) is -2.00. The maximum Gasteiger partial charge on any atom is 0.192 e. The lowest BCUT2D eigenvalue weighted by Gasteiger charge is -2.42. The van der Waals surface area contributed by atoms with E-state index >= 15 is 0 Å². The van der Waals surface area contributed by atoms with Crippen molar-refractivity contribution in [3.05, 3.63) is 35.9 Å². The van der Waals surface area contributed by atoms with Crippen molar-refractivity contribution < 1.29 is 18.7 Å². The molecule has 4 atom stereocenters. The van der Waals surface area contributed by atoms with Gasteiger partial charge in [-0.2, -0.15) is 0 Å². The van der Waals surface area contributed by atoms with Crippen molar-refractivity contribution in [1.29, 1.82) is 0 Å². The second-order valence-corrected chi connectivity index (χ2v) is 14.0. The number of ketones is 1. The quantitative estimate of drug-likeness (QED) is 0.693. The molecule has 1 aromatic rings. The molecule has 2 saturated heterocycles. The minimum absolute atomic E-state index is 0.0439. The number of hydrogen-bond acceptors (Lipinski definition) is 4. The molecule has 3 rings (SSSR count). The van der Waals surface area contributed by atoms with Gasteiger partial charge in [-0.3, -0.25) is 4.79 Å². The van der Waals surface area contributed by atoms with E-state index in [0.717, 1.165) is 12.0 Å². The van der Waals surface area contributed by atoms with Crippen LogP contribution in [0.3, 0.4) is 0 Å². The van der Waals surface area contributed by atoms with Gasteiger partial charge in [0.25, 0.3) is 0 Å². The van der Waals surface area contributed by atoms with Crippen molar-refractivity contribution in [3.8, 4) is 0 Å². The number of Topliss-reactive ketones (excluding diaryl/α,β-unsaturated/α-hetero) is 1. The van der Waals surface area contributed by atoms with Crippen LogP contribution in [-0.2, 0) is 25.3 Å². The Hall–Kier alpha value is -1.01. The number of ether oxygens (including phenoxy) is 2. The third-order valence-electron chi connectivity index (χ3n) is 6.39. The van der Waals surface area contributed by atoms with Crippen LogP contribution in [0.2, 0.25) is 18.1 Å². The van der Waals surface area contributed by atoms with Crippen molar-refractivity contribution in [1.82, 2.24) is 0 Å². The van der Waals surface area contributed by atoms with Crippen molar-refractivity contribution in [3.63, 3.8) is 0 Å². The standard InChI is InChI=1S/C21H32O4Si/c1-15-17-12-18(25-26(5,6)20(2,3)4)21(24-17,19(15)22)14-23-13-16-10-8-7-9-11-16/h7-11,15,17-18H,12-14H2,1-6H3/t15-,17-,18+,21-/m0/s1. The number of rotatable bonds is 6. The van der Waals surface area contributed by atoms with Crippen molar-refractivity contribution >= 4 is 14.1 Å². The minimum atomic E-state index is -2.00. The predicted octanol–water partition coefficient (Wildman–Crippen LogP) is 4.34. The third-order valence-corrected chi connectivity index (χ3v) is 10.9. The first-order valence-corrected chi connectivity index (χ1v) is 12.5.